The van der Waals surface area contributed by atoms with Gasteiger partial charge in [-0.1, -0.05) is 12.1 Å². The summed E-state index contributed by atoms with van der Waals surface area (Å²) in [5, 5.41) is 9.35. The molecule has 0 atom stereocenters. The number of carbonyl (C=O) groups excluding carboxylic acids is 1. The Labute approximate surface area is 110 Å². The highest BCUT2D eigenvalue weighted by Gasteiger charge is 2.30. The van der Waals surface area contributed by atoms with Crippen molar-refractivity contribution >= 4 is 5.91 Å². The van der Waals surface area contributed by atoms with Crippen LogP contribution in [0.5, 0.6) is 5.88 Å². The van der Waals surface area contributed by atoms with E-state index in [1.807, 2.05) is 0 Å². The number of hydrogen-bond acceptors (Lipinski definition) is 4. The lowest BCUT2D eigenvalue weighted by Gasteiger charge is -2.09. The fourth-order valence-electron chi connectivity index (χ4n) is 1.55. The molecule has 1 aromatic heterocycles. The lowest BCUT2D eigenvalue weighted by Crippen LogP contribution is -2.15. The van der Waals surface area contributed by atoms with Crippen molar-refractivity contribution in [3.05, 3.63) is 41.7 Å². The summed E-state index contributed by atoms with van der Waals surface area (Å²) in [6, 6.07) is 5.36. The number of amides is 1. The molecule has 1 aromatic carbocycles. The molecule has 0 radical (unpaired) electrons. The second-order valence-corrected chi connectivity index (χ2v) is 3.88. The molecule has 1 amide bonds. The van der Waals surface area contributed by atoms with Gasteiger partial charge in [0.15, 0.2) is 0 Å². The molecule has 0 spiro atoms. The van der Waals surface area contributed by atoms with Crippen LogP contribution in [0.25, 0.3) is 11.3 Å². The van der Waals surface area contributed by atoms with Gasteiger partial charge in [0.25, 0.3) is 5.91 Å². The van der Waals surface area contributed by atoms with E-state index in [-0.39, 0.29) is 11.3 Å². The highest BCUT2D eigenvalue weighted by molar-refractivity contribution is 5.89. The summed E-state index contributed by atoms with van der Waals surface area (Å²) in [6.07, 6.45) is -4.50. The molecule has 104 valence electrons. The van der Waals surface area contributed by atoms with Crippen molar-refractivity contribution in [1.29, 1.82) is 0 Å². The van der Waals surface area contributed by atoms with E-state index in [9.17, 15) is 23.1 Å². The molecule has 5 nitrogen and oxygen atoms in total. The maximum Gasteiger partial charge on any atom is 0.416 e. The van der Waals surface area contributed by atoms with E-state index in [0.29, 0.717) is 0 Å². The summed E-state index contributed by atoms with van der Waals surface area (Å²) < 4.78 is 37.8. The van der Waals surface area contributed by atoms with Gasteiger partial charge in [-0.3, -0.25) is 4.79 Å². The Morgan fingerprint density at radius 3 is 2.50 bits per heavy atom. The van der Waals surface area contributed by atoms with E-state index in [1.165, 1.54) is 12.1 Å². The Kier molecular flexibility index (Phi) is 3.31. The number of hydrogen-bond donors (Lipinski definition) is 2. The molecule has 0 fully saturated rings. The molecule has 20 heavy (non-hydrogen) atoms. The molecule has 2 rings (SSSR count). The number of carbonyl (C=O) groups is 1. The Morgan fingerprint density at radius 2 is 1.90 bits per heavy atom. The second-order valence-electron chi connectivity index (χ2n) is 3.88. The zero-order valence-electron chi connectivity index (χ0n) is 9.85. The van der Waals surface area contributed by atoms with Gasteiger partial charge in [-0.05, 0) is 12.1 Å². The third-order valence-corrected chi connectivity index (χ3v) is 2.42. The molecule has 0 bridgehead atoms. The summed E-state index contributed by atoms with van der Waals surface area (Å²) in [4.78, 5) is 18.1. The molecule has 1 heterocycles. The molecule has 8 heteroatoms. The van der Waals surface area contributed by atoms with Gasteiger partial charge in [0, 0.05) is 11.6 Å². The normalized spacial score (nSPS) is 11.3. The van der Waals surface area contributed by atoms with Gasteiger partial charge < -0.3 is 10.8 Å². The molecule has 0 aliphatic rings. The summed E-state index contributed by atoms with van der Waals surface area (Å²) in [5.74, 6) is -2.02. The van der Waals surface area contributed by atoms with Crippen LogP contribution < -0.4 is 5.73 Å². The van der Waals surface area contributed by atoms with E-state index in [1.54, 1.807) is 0 Å². The van der Waals surface area contributed by atoms with E-state index >= 15 is 0 Å². The SMILES string of the molecule is NC(=O)c1nc(O)cc(-c2cccc(C(F)(F)F)c2)n1. The first-order valence-corrected chi connectivity index (χ1v) is 5.33. The number of aromatic nitrogens is 2. The molecular formula is C12H8F3N3O2. The minimum Gasteiger partial charge on any atom is -0.493 e. The first-order valence-electron chi connectivity index (χ1n) is 5.33. The molecule has 0 aliphatic carbocycles. The number of halogens is 3. The average Bonchev–Trinajstić information content (AvgIpc) is 2.37. The summed E-state index contributed by atoms with van der Waals surface area (Å²) in [6.45, 7) is 0. The van der Waals surface area contributed by atoms with Crippen molar-refractivity contribution in [2.75, 3.05) is 0 Å². The fraction of sp³-hybridized carbons (Fsp3) is 0.0833. The third kappa shape index (κ3) is 2.85. The number of nitrogens with two attached hydrogens (primary N) is 1. The quantitative estimate of drug-likeness (QED) is 0.881. The predicted octanol–water partition coefficient (Wildman–Crippen LogP) is 1.97. The highest BCUT2D eigenvalue weighted by Crippen LogP contribution is 2.32. The van der Waals surface area contributed by atoms with Crippen LogP contribution in [-0.2, 0) is 6.18 Å². The Balaban J connectivity index is 2.54. The van der Waals surface area contributed by atoms with Crippen LogP contribution >= 0.6 is 0 Å². The van der Waals surface area contributed by atoms with Crippen molar-refractivity contribution in [1.82, 2.24) is 9.97 Å². The zero-order chi connectivity index (χ0) is 14.9. The zero-order valence-corrected chi connectivity index (χ0v) is 9.85. The molecule has 0 saturated carbocycles. The average molecular weight is 283 g/mol. The van der Waals surface area contributed by atoms with E-state index in [0.717, 1.165) is 18.2 Å². The van der Waals surface area contributed by atoms with Crippen molar-refractivity contribution in [2.24, 2.45) is 5.73 Å². The Morgan fingerprint density at radius 1 is 1.20 bits per heavy atom. The molecule has 0 aliphatic heterocycles. The minimum atomic E-state index is -4.50. The number of rotatable bonds is 2. The monoisotopic (exact) mass is 283 g/mol. The molecular weight excluding hydrogens is 275 g/mol. The van der Waals surface area contributed by atoms with Crippen molar-refractivity contribution in [3.63, 3.8) is 0 Å². The van der Waals surface area contributed by atoms with E-state index in [2.05, 4.69) is 9.97 Å². The number of primary amides is 1. The maximum absolute atomic E-state index is 12.6. The maximum atomic E-state index is 12.6. The number of alkyl halides is 3. The van der Waals surface area contributed by atoms with Gasteiger partial charge in [-0.2, -0.15) is 18.2 Å². The molecule has 3 N–H and O–H groups in total. The van der Waals surface area contributed by atoms with E-state index < -0.39 is 29.4 Å². The van der Waals surface area contributed by atoms with Gasteiger partial charge in [-0.25, -0.2) is 4.98 Å². The Bertz CT molecular complexity index is 671. The highest BCUT2D eigenvalue weighted by atomic mass is 19.4. The molecule has 0 saturated heterocycles. The predicted molar refractivity (Wildman–Crippen MR) is 62.7 cm³/mol. The summed E-state index contributed by atoms with van der Waals surface area (Å²) >= 11 is 0. The summed E-state index contributed by atoms with van der Waals surface area (Å²) in [5.41, 5.74) is 4.16. The van der Waals surface area contributed by atoms with Crippen LogP contribution in [-0.4, -0.2) is 21.0 Å². The molecule has 2 aromatic rings. The van der Waals surface area contributed by atoms with Crippen LogP contribution in [0, 0.1) is 0 Å². The fourth-order valence-corrected chi connectivity index (χ4v) is 1.55. The first kappa shape index (κ1) is 13.8. The van der Waals surface area contributed by atoms with Gasteiger partial charge in [0.1, 0.15) is 0 Å². The largest absolute Gasteiger partial charge is 0.493 e. The molecule has 0 unspecified atom stereocenters. The lowest BCUT2D eigenvalue weighted by atomic mass is 10.1. The van der Waals surface area contributed by atoms with Crippen LogP contribution in [0.1, 0.15) is 16.2 Å². The van der Waals surface area contributed by atoms with Crippen molar-refractivity contribution < 1.29 is 23.1 Å². The van der Waals surface area contributed by atoms with Crippen LogP contribution in [0.4, 0.5) is 13.2 Å². The third-order valence-electron chi connectivity index (χ3n) is 2.42. The van der Waals surface area contributed by atoms with Crippen LogP contribution in [0.15, 0.2) is 30.3 Å². The van der Waals surface area contributed by atoms with Crippen molar-refractivity contribution in [3.8, 4) is 17.1 Å². The van der Waals surface area contributed by atoms with Crippen molar-refractivity contribution in [2.45, 2.75) is 6.18 Å². The van der Waals surface area contributed by atoms with Gasteiger partial charge in [0.2, 0.25) is 11.7 Å². The summed E-state index contributed by atoms with van der Waals surface area (Å²) in [7, 11) is 0. The van der Waals surface area contributed by atoms with E-state index in [4.69, 9.17) is 5.73 Å². The van der Waals surface area contributed by atoms with Crippen LogP contribution in [0.3, 0.4) is 0 Å². The number of benzene rings is 1. The van der Waals surface area contributed by atoms with Gasteiger partial charge in [-0.15, -0.1) is 0 Å². The lowest BCUT2D eigenvalue weighted by molar-refractivity contribution is -0.137. The van der Waals surface area contributed by atoms with Gasteiger partial charge >= 0.3 is 6.18 Å². The van der Waals surface area contributed by atoms with Crippen LogP contribution in [0.2, 0.25) is 0 Å². The minimum absolute atomic E-state index is 0.0302. The standard InChI is InChI=1S/C12H8F3N3O2/c13-12(14,15)7-3-1-2-6(4-7)8-5-9(19)18-11(17-8)10(16)20/h1-5H,(H2,16,20)(H,17,18,19). The number of nitrogens with zero attached hydrogens (tertiary/aromatic N) is 2. The topological polar surface area (TPSA) is 89.1 Å². The number of aromatic hydroxyl groups is 1. The first-order chi connectivity index (χ1) is 9.27. The Hall–Kier alpha value is -2.64. The van der Waals surface area contributed by atoms with Gasteiger partial charge in [0.05, 0.1) is 11.3 Å². The second kappa shape index (κ2) is 4.80. The smallest absolute Gasteiger partial charge is 0.416 e.